The lowest BCUT2D eigenvalue weighted by molar-refractivity contribution is -0.138. The van der Waals surface area contributed by atoms with E-state index in [9.17, 15) is 21.6 Å². The average Bonchev–Trinajstić information content (AvgIpc) is 2.37. The predicted octanol–water partition coefficient (Wildman–Crippen LogP) is 2.43. The van der Waals surface area contributed by atoms with Gasteiger partial charge in [0.15, 0.2) is 5.25 Å². The number of rotatable bonds is 5. The van der Waals surface area contributed by atoms with Crippen LogP contribution < -0.4 is 4.72 Å². The van der Waals surface area contributed by atoms with Gasteiger partial charge in [0.2, 0.25) is 10.0 Å². The van der Waals surface area contributed by atoms with E-state index in [-0.39, 0.29) is 12.0 Å². The molecule has 1 unspecified atom stereocenters. The molecule has 1 aromatic carbocycles. The molecule has 0 saturated carbocycles. The topological polar surface area (TPSA) is 70.0 Å². The minimum atomic E-state index is -4.55. The van der Waals surface area contributed by atoms with Crippen molar-refractivity contribution in [3.05, 3.63) is 35.4 Å². The van der Waals surface area contributed by atoms with Crippen molar-refractivity contribution < 1.29 is 21.6 Å². The molecule has 4 nitrogen and oxygen atoms in total. The highest BCUT2D eigenvalue weighted by molar-refractivity contribution is 7.90. The summed E-state index contributed by atoms with van der Waals surface area (Å²) in [4.78, 5) is 0. The van der Waals surface area contributed by atoms with Crippen LogP contribution >= 0.6 is 0 Å². The standard InChI is InChI=1S/C12H13F3N2O2S/c1-2-10(7-16)20(18,19)17-8-9-5-3-4-6-11(9)12(13,14)15/h3-6,10,17H,2,8H2,1H3. The number of nitrogens with zero attached hydrogens (tertiary/aromatic N) is 1. The highest BCUT2D eigenvalue weighted by atomic mass is 32.2. The maximum absolute atomic E-state index is 12.7. The third kappa shape index (κ3) is 3.95. The van der Waals surface area contributed by atoms with E-state index in [0.29, 0.717) is 0 Å². The van der Waals surface area contributed by atoms with E-state index in [1.807, 2.05) is 4.72 Å². The van der Waals surface area contributed by atoms with E-state index < -0.39 is 33.6 Å². The summed E-state index contributed by atoms with van der Waals surface area (Å²) in [5, 5.41) is 7.42. The van der Waals surface area contributed by atoms with Crippen LogP contribution in [0.15, 0.2) is 24.3 Å². The first kappa shape index (κ1) is 16.5. The Morgan fingerprint density at radius 3 is 2.45 bits per heavy atom. The molecule has 1 atom stereocenters. The van der Waals surface area contributed by atoms with Gasteiger partial charge in [-0.3, -0.25) is 0 Å². The van der Waals surface area contributed by atoms with Gasteiger partial charge >= 0.3 is 6.18 Å². The van der Waals surface area contributed by atoms with Gasteiger partial charge in [0.1, 0.15) is 0 Å². The molecule has 1 aromatic rings. The summed E-state index contributed by atoms with van der Waals surface area (Å²) in [7, 11) is -3.96. The summed E-state index contributed by atoms with van der Waals surface area (Å²) < 4.78 is 63.7. The molecule has 1 rings (SSSR count). The van der Waals surface area contributed by atoms with Crippen LogP contribution in [0, 0.1) is 11.3 Å². The van der Waals surface area contributed by atoms with Crippen molar-refractivity contribution in [2.45, 2.75) is 31.3 Å². The van der Waals surface area contributed by atoms with Crippen molar-refractivity contribution in [2.75, 3.05) is 0 Å². The number of nitriles is 1. The number of hydrogen-bond acceptors (Lipinski definition) is 3. The molecule has 0 heterocycles. The number of sulfonamides is 1. The first-order chi connectivity index (χ1) is 9.22. The van der Waals surface area contributed by atoms with Crippen LogP contribution in [0.1, 0.15) is 24.5 Å². The molecule has 0 aliphatic heterocycles. The molecule has 0 radical (unpaired) electrons. The largest absolute Gasteiger partial charge is 0.416 e. The number of halogens is 3. The van der Waals surface area contributed by atoms with Crippen LogP contribution in [0.25, 0.3) is 0 Å². The maximum atomic E-state index is 12.7. The molecule has 20 heavy (non-hydrogen) atoms. The maximum Gasteiger partial charge on any atom is 0.416 e. The van der Waals surface area contributed by atoms with Crippen LogP contribution in [0.3, 0.4) is 0 Å². The molecule has 8 heteroatoms. The zero-order valence-corrected chi connectivity index (χ0v) is 11.4. The summed E-state index contributed by atoms with van der Waals surface area (Å²) in [5.41, 5.74) is -1.08. The Morgan fingerprint density at radius 1 is 1.35 bits per heavy atom. The number of nitrogens with one attached hydrogen (secondary N) is 1. The average molecular weight is 306 g/mol. The van der Waals surface area contributed by atoms with Gasteiger partial charge in [0, 0.05) is 6.54 Å². The van der Waals surface area contributed by atoms with Crippen LogP contribution in [-0.2, 0) is 22.7 Å². The molecular formula is C12H13F3N2O2S. The van der Waals surface area contributed by atoms with Crippen LogP contribution in [-0.4, -0.2) is 13.7 Å². The second-order valence-electron chi connectivity index (χ2n) is 4.05. The first-order valence-corrected chi connectivity index (χ1v) is 7.30. The van der Waals surface area contributed by atoms with Crippen LogP contribution in [0.4, 0.5) is 13.2 Å². The molecule has 0 bridgehead atoms. The number of hydrogen-bond donors (Lipinski definition) is 1. The van der Waals surface area contributed by atoms with E-state index >= 15 is 0 Å². The Kier molecular flexibility index (Phi) is 5.14. The third-order valence-electron chi connectivity index (χ3n) is 2.68. The number of benzene rings is 1. The quantitative estimate of drug-likeness (QED) is 0.908. The lowest BCUT2D eigenvalue weighted by atomic mass is 10.1. The monoisotopic (exact) mass is 306 g/mol. The second kappa shape index (κ2) is 6.24. The SMILES string of the molecule is CCC(C#N)S(=O)(=O)NCc1ccccc1C(F)(F)F. The molecule has 0 aliphatic rings. The summed E-state index contributed by atoms with van der Waals surface area (Å²) in [6.07, 6.45) is -4.49. The van der Waals surface area contributed by atoms with Gasteiger partial charge in [-0.25, -0.2) is 13.1 Å². The van der Waals surface area contributed by atoms with Crippen molar-refractivity contribution in [3.8, 4) is 6.07 Å². The minimum absolute atomic E-state index is 0.0623. The molecule has 0 aromatic heterocycles. The fourth-order valence-corrected chi connectivity index (χ4v) is 2.75. The Balaban J connectivity index is 2.95. The molecule has 0 saturated heterocycles. The van der Waals surface area contributed by atoms with Crippen LogP contribution in [0.2, 0.25) is 0 Å². The molecule has 110 valence electrons. The fraction of sp³-hybridized carbons (Fsp3) is 0.417. The van der Waals surface area contributed by atoms with Gasteiger partial charge in [0.25, 0.3) is 0 Å². The van der Waals surface area contributed by atoms with E-state index in [0.717, 1.165) is 6.07 Å². The van der Waals surface area contributed by atoms with Gasteiger partial charge in [-0.05, 0) is 18.1 Å². The molecule has 0 spiro atoms. The Labute approximate surface area is 115 Å². The Morgan fingerprint density at radius 2 is 1.95 bits per heavy atom. The molecule has 0 aliphatic carbocycles. The van der Waals surface area contributed by atoms with Crippen molar-refractivity contribution in [1.29, 1.82) is 5.26 Å². The van der Waals surface area contributed by atoms with E-state index in [2.05, 4.69) is 0 Å². The lowest BCUT2D eigenvalue weighted by Gasteiger charge is -2.14. The molecule has 0 amide bonds. The van der Waals surface area contributed by atoms with Crippen LogP contribution in [0.5, 0.6) is 0 Å². The van der Waals surface area contributed by atoms with Gasteiger partial charge in [-0.15, -0.1) is 0 Å². The van der Waals surface area contributed by atoms with E-state index in [4.69, 9.17) is 5.26 Å². The lowest BCUT2D eigenvalue weighted by Crippen LogP contribution is -2.33. The number of alkyl halides is 3. The molecule has 0 fully saturated rings. The fourth-order valence-electron chi connectivity index (χ4n) is 1.61. The Bertz CT molecular complexity index is 606. The van der Waals surface area contributed by atoms with Crippen molar-refractivity contribution >= 4 is 10.0 Å². The summed E-state index contributed by atoms with van der Waals surface area (Å²) in [5.74, 6) is 0. The highest BCUT2D eigenvalue weighted by Crippen LogP contribution is 2.31. The second-order valence-corrected chi connectivity index (χ2v) is 5.99. The van der Waals surface area contributed by atoms with Gasteiger partial charge in [0.05, 0.1) is 11.6 Å². The highest BCUT2D eigenvalue weighted by Gasteiger charge is 2.33. The van der Waals surface area contributed by atoms with E-state index in [1.54, 1.807) is 6.07 Å². The third-order valence-corrected chi connectivity index (χ3v) is 4.41. The van der Waals surface area contributed by atoms with Gasteiger partial charge < -0.3 is 0 Å². The van der Waals surface area contributed by atoms with Crippen molar-refractivity contribution in [2.24, 2.45) is 0 Å². The zero-order valence-electron chi connectivity index (χ0n) is 10.6. The van der Waals surface area contributed by atoms with E-state index in [1.165, 1.54) is 25.1 Å². The normalized spacial score (nSPS) is 13.8. The van der Waals surface area contributed by atoms with Gasteiger partial charge in [-0.2, -0.15) is 18.4 Å². The summed E-state index contributed by atoms with van der Waals surface area (Å²) >= 11 is 0. The smallest absolute Gasteiger partial charge is 0.211 e. The summed E-state index contributed by atoms with van der Waals surface area (Å²) in [6, 6.07) is 6.29. The summed E-state index contributed by atoms with van der Waals surface area (Å²) in [6.45, 7) is 1.01. The van der Waals surface area contributed by atoms with Crippen molar-refractivity contribution in [1.82, 2.24) is 4.72 Å². The zero-order chi connectivity index (χ0) is 15.4. The molecular weight excluding hydrogens is 293 g/mol. The minimum Gasteiger partial charge on any atom is -0.211 e. The molecule has 1 N–H and O–H groups in total. The first-order valence-electron chi connectivity index (χ1n) is 5.75. The Hall–Kier alpha value is -1.59. The van der Waals surface area contributed by atoms with Crippen molar-refractivity contribution in [3.63, 3.8) is 0 Å². The predicted molar refractivity (Wildman–Crippen MR) is 66.9 cm³/mol. The van der Waals surface area contributed by atoms with Gasteiger partial charge in [-0.1, -0.05) is 25.1 Å².